The molecule has 1 amide bonds. The zero-order valence-corrected chi connectivity index (χ0v) is 20.6. The number of pyridine rings is 1. The lowest BCUT2D eigenvalue weighted by Crippen LogP contribution is -2.14. The van der Waals surface area contributed by atoms with Crippen LogP contribution in [0.3, 0.4) is 0 Å². The number of hydrogen-bond acceptors (Lipinski definition) is 5. The van der Waals surface area contributed by atoms with E-state index < -0.39 is 0 Å². The van der Waals surface area contributed by atoms with Crippen molar-refractivity contribution in [3.63, 3.8) is 0 Å². The number of rotatable bonds is 7. The van der Waals surface area contributed by atoms with Gasteiger partial charge in [0.2, 0.25) is 0 Å². The molecule has 6 nitrogen and oxygen atoms in total. The number of aliphatic hydroxyl groups excluding tert-OH is 1. The summed E-state index contributed by atoms with van der Waals surface area (Å²) in [6, 6.07) is 24.2. The van der Waals surface area contributed by atoms with Crippen LogP contribution in [0.15, 0.2) is 94.9 Å². The Hall–Kier alpha value is -3.91. The Labute approximate surface area is 217 Å². The van der Waals surface area contributed by atoms with Gasteiger partial charge in [-0.1, -0.05) is 41.6 Å². The standard InChI is InChI=1S/C28H21ClN4O2S/c29-19-8-12-24(18(15-19)17-34)31-28(35)23-6-1-2-7-27(23)36-21-10-11-22-25(32-33-26(22)16-21)13-9-20-5-3-4-14-30-20/h1-16,34H,17H2,(H,31,35)(H,32,33)/b13-9+. The first-order valence-corrected chi connectivity index (χ1v) is 12.3. The second-order valence-corrected chi connectivity index (χ2v) is 9.47. The topological polar surface area (TPSA) is 90.9 Å². The van der Waals surface area contributed by atoms with Gasteiger partial charge in [-0.3, -0.25) is 14.9 Å². The van der Waals surface area contributed by atoms with Crippen LogP contribution in [0.4, 0.5) is 5.69 Å². The van der Waals surface area contributed by atoms with Crippen LogP contribution in [-0.2, 0) is 6.61 Å². The van der Waals surface area contributed by atoms with E-state index in [9.17, 15) is 9.90 Å². The van der Waals surface area contributed by atoms with E-state index in [0.717, 1.165) is 32.1 Å². The van der Waals surface area contributed by atoms with Gasteiger partial charge in [-0.25, -0.2) is 0 Å². The quantitative estimate of drug-likeness (QED) is 0.226. The van der Waals surface area contributed by atoms with Crippen molar-refractivity contribution in [2.24, 2.45) is 0 Å². The molecule has 3 N–H and O–H groups in total. The molecule has 178 valence electrons. The first kappa shape index (κ1) is 23.8. The summed E-state index contributed by atoms with van der Waals surface area (Å²) < 4.78 is 0. The molecule has 36 heavy (non-hydrogen) atoms. The molecule has 0 radical (unpaired) electrons. The molecule has 0 atom stereocenters. The lowest BCUT2D eigenvalue weighted by molar-refractivity contribution is 0.102. The second kappa shape index (κ2) is 10.8. The zero-order chi connectivity index (χ0) is 24.9. The van der Waals surface area contributed by atoms with Crippen molar-refractivity contribution in [3.8, 4) is 0 Å². The molecular formula is C28H21ClN4O2S. The molecule has 0 spiro atoms. The third kappa shape index (κ3) is 5.33. The molecule has 0 saturated carbocycles. The molecule has 0 aliphatic rings. The highest BCUT2D eigenvalue weighted by molar-refractivity contribution is 7.99. The average molecular weight is 513 g/mol. The van der Waals surface area contributed by atoms with E-state index in [1.54, 1.807) is 30.5 Å². The number of carbonyl (C=O) groups excluding carboxylic acids is 1. The van der Waals surface area contributed by atoms with E-state index in [0.29, 0.717) is 21.8 Å². The number of amides is 1. The summed E-state index contributed by atoms with van der Waals surface area (Å²) in [7, 11) is 0. The Kier molecular flexibility index (Phi) is 7.13. The number of aromatic nitrogens is 3. The number of aromatic amines is 1. The van der Waals surface area contributed by atoms with Crippen LogP contribution in [0.1, 0.15) is 27.3 Å². The van der Waals surface area contributed by atoms with Gasteiger partial charge >= 0.3 is 0 Å². The Morgan fingerprint density at radius 2 is 1.89 bits per heavy atom. The lowest BCUT2D eigenvalue weighted by atomic mass is 10.1. The van der Waals surface area contributed by atoms with Crippen molar-refractivity contribution in [1.29, 1.82) is 0 Å². The fraction of sp³-hybridized carbons (Fsp3) is 0.0357. The minimum atomic E-state index is -0.264. The molecule has 0 aliphatic carbocycles. The van der Waals surface area contributed by atoms with Gasteiger partial charge in [-0.15, -0.1) is 0 Å². The van der Waals surface area contributed by atoms with E-state index in [1.807, 2.05) is 66.7 Å². The summed E-state index contributed by atoms with van der Waals surface area (Å²) in [4.78, 5) is 19.2. The zero-order valence-electron chi connectivity index (χ0n) is 19.0. The van der Waals surface area contributed by atoms with E-state index >= 15 is 0 Å². The largest absolute Gasteiger partial charge is 0.392 e. The molecule has 0 saturated heterocycles. The highest BCUT2D eigenvalue weighted by Crippen LogP contribution is 2.33. The maximum Gasteiger partial charge on any atom is 0.256 e. The normalized spacial score (nSPS) is 11.3. The fourth-order valence-electron chi connectivity index (χ4n) is 3.72. The predicted octanol–water partition coefficient (Wildman–Crippen LogP) is 6.68. The highest BCUT2D eigenvalue weighted by atomic mass is 35.5. The van der Waals surface area contributed by atoms with Crippen LogP contribution in [0.25, 0.3) is 23.1 Å². The molecule has 3 aromatic carbocycles. The summed E-state index contributed by atoms with van der Waals surface area (Å²) in [6.07, 6.45) is 5.62. The third-order valence-electron chi connectivity index (χ3n) is 5.51. The molecule has 0 bridgehead atoms. The Morgan fingerprint density at radius 1 is 1.03 bits per heavy atom. The van der Waals surface area contributed by atoms with Gasteiger partial charge in [-0.2, -0.15) is 5.10 Å². The molecule has 5 aromatic rings. The van der Waals surface area contributed by atoms with Crippen molar-refractivity contribution < 1.29 is 9.90 Å². The van der Waals surface area contributed by atoms with E-state index in [2.05, 4.69) is 20.5 Å². The second-order valence-electron chi connectivity index (χ2n) is 7.92. The molecular weight excluding hydrogens is 492 g/mol. The molecule has 2 aromatic heterocycles. The lowest BCUT2D eigenvalue weighted by Gasteiger charge is -2.12. The summed E-state index contributed by atoms with van der Waals surface area (Å²) in [5.41, 5.74) is 4.20. The SMILES string of the molecule is O=C(Nc1ccc(Cl)cc1CO)c1ccccc1Sc1ccc2c(/C=C/c3ccccn3)n[nH]c2c1. The van der Waals surface area contributed by atoms with Crippen molar-refractivity contribution >= 4 is 58.0 Å². The number of halogens is 1. The minimum Gasteiger partial charge on any atom is -0.392 e. The van der Waals surface area contributed by atoms with Gasteiger partial charge in [0.05, 0.1) is 29.1 Å². The fourth-order valence-corrected chi connectivity index (χ4v) is 4.90. The van der Waals surface area contributed by atoms with Gasteiger partial charge in [0.15, 0.2) is 0 Å². The van der Waals surface area contributed by atoms with E-state index in [1.165, 1.54) is 11.8 Å². The number of hydrogen-bond donors (Lipinski definition) is 3. The van der Waals surface area contributed by atoms with Crippen LogP contribution in [0, 0.1) is 0 Å². The summed E-state index contributed by atoms with van der Waals surface area (Å²) >= 11 is 7.51. The van der Waals surface area contributed by atoms with Crippen LogP contribution in [0.2, 0.25) is 5.02 Å². The predicted molar refractivity (Wildman–Crippen MR) is 145 cm³/mol. The number of carbonyl (C=O) groups is 1. The molecule has 2 heterocycles. The average Bonchev–Trinajstić information content (AvgIpc) is 3.31. The number of H-pyrrole nitrogens is 1. The van der Waals surface area contributed by atoms with Crippen LogP contribution >= 0.6 is 23.4 Å². The number of nitrogens with one attached hydrogen (secondary N) is 2. The number of nitrogens with zero attached hydrogens (tertiary/aromatic N) is 2. The number of aliphatic hydroxyl groups is 1. The Morgan fingerprint density at radius 3 is 2.72 bits per heavy atom. The minimum absolute atomic E-state index is 0.226. The van der Waals surface area contributed by atoms with Gasteiger partial charge in [0, 0.05) is 37.6 Å². The Balaban J connectivity index is 1.37. The molecule has 8 heteroatoms. The van der Waals surface area contributed by atoms with Crippen LogP contribution < -0.4 is 5.32 Å². The number of fused-ring (bicyclic) bond motifs is 1. The van der Waals surface area contributed by atoms with Gasteiger partial charge in [-0.05, 0) is 72.8 Å². The smallest absolute Gasteiger partial charge is 0.256 e. The molecule has 0 unspecified atom stereocenters. The Bertz CT molecular complexity index is 1570. The number of benzene rings is 3. The molecule has 0 aliphatic heterocycles. The third-order valence-corrected chi connectivity index (χ3v) is 6.81. The first-order chi connectivity index (χ1) is 17.6. The summed E-state index contributed by atoms with van der Waals surface area (Å²) in [5.74, 6) is -0.264. The van der Waals surface area contributed by atoms with Gasteiger partial charge < -0.3 is 10.4 Å². The summed E-state index contributed by atoms with van der Waals surface area (Å²) in [5, 5.41) is 21.5. The molecule has 5 rings (SSSR count). The van der Waals surface area contributed by atoms with Crippen molar-refractivity contribution in [1.82, 2.24) is 15.2 Å². The number of anilines is 1. The maximum atomic E-state index is 13.1. The van der Waals surface area contributed by atoms with Gasteiger partial charge in [0.1, 0.15) is 0 Å². The highest BCUT2D eigenvalue weighted by Gasteiger charge is 2.15. The first-order valence-electron chi connectivity index (χ1n) is 11.2. The van der Waals surface area contributed by atoms with Crippen molar-refractivity contribution in [2.45, 2.75) is 16.4 Å². The molecule has 0 fully saturated rings. The maximum absolute atomic E-state index is 13.1. The van der Waals surface area contributed by atoms with Crippen LogP contribution in [0.5, 0.6) is 0 Å². The van der Waals surface area contributed by atoms with Crippen molar-refractivity contribution in [2.75, 3.05) is 5.32 Å². The summed E-state index contributed by atoms with van der Waals surface area (Å²) in [6.45, 7) is -0.226. The van der Waals surface area contributed by atoms with Crippen molar-refractivity contribution in [3.05, 3.63) is 113 Å². The van der Waals surface area contributed by atoms with E-state index in [-0.39, 0.29) is 12.5 Å². The van der Waals surface area contributed by atoms with E-state index in [4.69, 9.17) is 11.6 Å². The monoisotopic (exact) mass is 512 g/mol. The van der Waals surface area contributed by atoms with Crippen LogP contribution in [-0.4, -0.2) is 26.2 Å². The van der Waals surface area contributed by atoms with Gasteiger partial charge in [0.25, 0.3) is 5.91 Å².